The van der Waals surface area contributed by atoms with Gasteiger partial charge >= 0.3 is 0 Å². The van der Waals surface area contributed by atoms with Gasteiger partial charge in [-0.3, -0.25) is 4.79 Å². The standard InChI is InChI=1S/C10H9NO2/c1-7-3-2-4-9-8(7)5-6-11(13)10(9)12/h2-6,13H,1H3. The molecule has 0 aliphatic rings. The third-order valence-electron chi connectivity index (χ3n) is 2.15. The van der Waals surface area contributed by atoms with Crippen LogP contribution in [0.4, 0.5) is 0 Å². The first kappa shape index (κ1) is 7.86. The zero-order valence-corrected chi connectivity index (χ0v) is 7.19. The van der Waals surface area contributed by atoms with Crippen molar-refractivity contribution in [2.45, 2.75) is 6.92 Å². The third-order valence-corrected chi connectivity index (χ3v) is 2.15. The molecule has 0 spiro atoms. The smallest absolute Gasteiger partial charge is 0.290 e. The third kappa shape index (κ3) is 1.09. The molecule has 0 saturated heterocycles. The average molecular weight is 175 g/mol. The molecule has 1 aromatic carbocycles. The first-order chi connectivity index (χ1) is 6.20. The summed E-state index contributed by atoms with van der Waals surface area (Å²) in [5, 5.41) is 10.5. The monoisotopic (exact) mass is 175 g/mol. The van der Waals surface area contributed by atoms with Crippen molar-refractivity contribution < 1.29 is 5.21 Å². The topological polar surface area (TPSA) is 42.2 Å². The van der Waals surface area contributed by atoms with E-state index in [-0.39, 0.29) is 5.56 Å². The van der Waals surface area contributed by atoms with Gasteiger partial charge in [0.05, 0.1) is 5.39 Å². The summed E-state index contributed by atoms with van der Waals surface area (Å²) >= 11 is 0. The second-order valence-corrected chi connectivity index (χ2v) is 3.00. The number of hydrogen-bond donors (Lipinski definition) is 1. The normalized spacial score (nSPS) is 10.5. The van der Waals surface area contributed by atoms with E-state index in [0.717, 1.165) is 10.9 Å². The fourth-order valence-electron chi connectivity index (χ4n) is 1.42. The Hall–Kier alpha value is -1.77. The van der Waals surface area contributed by atoms with Crippen molar-refractivity contribution in [1.29, 1.82) is 0 Å². The maximum absolute atomic E-state index is 11.4. The van der Waals surface area contributed by atoms with Crippen molar-refractivity contribution in [3.8, 4) is 0 Å². The Kier molecular flexibility index (Phi) is 1.59. The molecule has 0 aliphatic heterocycles. The van der Waals surface area contributed by atoms with Gasteiger partial charge in [-0.15, -0.1) is 0 Å². The van der Waals surface area contributed by atoms with Crippen molar-refractivity contribution in [3.63, 3.8) is 0 Å². The largest absolute Gasteiger partial charge is 0.425 e. The van der Waals surface area contributed by atoms with Crippen LogP contribution >= 0.6 is 0 Å². The van der Waals surface area contributed by atoms with Crippen molar-refractivity contribution in [3.05, 3.63) is 46.4 Å². The molecule has 3 heteroatoms. The lowest BCUT2D eigenvalue weighted by Gasteiger charge is -2.01. The molecule has 2 rings (SSSR count). The van der Waals surface area contributed by atoms with Crippen LogP contribution in [0.2, 0.25) is 0 Å². The minimum Gasteiger partial charge on any atom is -0.425 e. The number of hydrogen-bond acceptors (Lipinski definition) is 2. The summed E-state index contributed by atoms with van der Waals surface area (Å²) < 4.78 is 0.599. The van der Waals surface area contributed by atoms with E-state index in [1.54, 1.807) is 18.2 Å². The van der Waals surface area contributed by atoms with Crippen LogP contribution in [0.5, 0.6) is 0 Å². The molecule has 1 N–H and O–H groups in total. The molecule has 0 fully saturated rings. The quantitative estimate of drug-likeness (QED) is 0.617. The number of benzene rings is 1. The molecule has 0 atom stereocenters. The van der Waals surface area contributed by atoms with E-state index < -0.39 is 0 Å². The first-order valence-electron chi connectivity index (χ1n) is 4.00. The second-order valence-electron chi connectivity index (χ2n) is 3.00. The van der Waals surface area contributed by atoms with Crippen LogP contribution in [0, 0.1) is 6.92 Å². The Morgan fingerprint density at radius 2 is 2.00 bits per heavy atom. The summed E-state index contributed by atoms with van der Waals surface area (Å²) in [6.07, 6.45) is 1.36. The van der Waals surface area contributed by atoms with Gasteiger partial charge < -0.3 is 5.21 Å². The van der Waals surface area contributed by atoms with Gasteiger partial charge in [0.25, 0.3) is 5.56 Å². The molecular weight excluding hydrogens is 166 g/mol. The van der Waals surface area contributed by atoms with E-state index in [4.69, 9.17) is 5.21 Å². The van der Waals surface area contributed by atoms with Crippen LogP contribution in [0.1, 0.15) is 5.56 Å². The van der Waals surface area contributed by atoms with E-state index >= 15 is 0 Å². The van der Waals surface area contributed by atoms with Crippen LogP contribution in [-0.4, -0.2) is 9.94 Å². The Labute approximate surface area is 74.8 Å². The minimum atomic E-state index is -0.374. The molecule has 0 aliphatic carbocycles. The zero-order chi connectivity index (χ0) is 9.42. The highest BCUT2D eigenvalue weighted by Gasteiger charge is 2.01. The number of aryl methyl sites for hydroxylation is 1. The highest BCUT2D eigenvalue weighted by Crippen LogP contribution is 2.13. The number of nitrogens with zero attached hydrogens (tertiary/aromatic N) is 1. The fourth-order valence-corrected chi connectivity index (χ4v) is 1.42. The van der Waals surface area contributed by atoms with Crippen molar-refractivity contribution in [1.82, 2.24) is 4.73 Å². The number of rotatable bonds is 0. The molecule has 0 bridgehead atoms. The summed E-state index contributed by atoms with van der Waals surface area (Å²) in [5.41, 5.74) is 0.663. The minimum absolute atomic E-state index is 0.374. The van der Waals surface area contributed by atoms with Gasteiger partial charge in [-0.2, -0.15) is 4.73 Å². The van der Waals surface area contributed by atoms with Crippen LogP contribution in [0.25, 0.3) is 10.8 Å². The Bertz CT molecular complexity index is 514. The van der Waals surface area contributed by atoms with Crippen LogP contribution in [-0.2, 0) is 0 Å². The van der Waals surface area contributed by atoms with E-state index in [2.05, 4.69) is 0 Å². The van der Waals surface area contributed by atoms with Crippen LogP contribution in [0.3, 0.4) is 0 Å². The van der Waals surface area contributed by atoms with Gasteiger partial charge in [0.2, 0.25) is 0 Å². The molecule has 2 aromatic rings. The van der Waals surface area contributed by atoms with Crippen LogP contribution < -0.4 is 5.56 Å². The SMILES string of the molecule is Cc1cccc2c(=O)n(O)ccc12. The van der Waals surface area contributed by atoms with Crippen molar-refractivity contribution in [2.75, 3.05) is 0 Å². The lowest BCUT2D eigenvalue weighted by Crippen LogP contribution is -2.16. The van der Waals surface area contributed by atoms with Crippen LogP contribution in [0.15, 0.2) is 35.3 Å². The molecule has 66 valence electrons. The predicted molar refractivity (Wildman–Crippen MR) is 50.1 cm³/mol. The Morgan fingerprint density at radius 3 is 2.77 bits per heavy atom. The molecule has 0 radical (unpaired) electrons. The fraction of sp³-hybridized carbons (Fsp3) is 0.100. The van der Waals surface area contributed by atoms with Gasteiger partial charge in [-0.25, -0.2) is 0 Å². The molecular formula is C10H9NO2. The molecule has 13 heavy (non-hydrogen) atoms. The Balaban J connectivity index is 3.03. The van der Waals surface area contributed by atoms with E-state index in [0.29, 0.717) is 10.1 Å². The average Bonchev–Trinajstić information content (AvgIpc) is 2.12. The Morgan fingerprint density at radius 1 is 1.23 bits per heavy atom. The molecule has 0 amide bonds. The van der Waals surface area contributed by atoms with E-state index in [1.165, 1.54) is 6.20 Å². The summed E-state index contributed by atoms with van der Waals surface area (Å²) in [6.45, 7) is 1.93. The lowest BCUT2D eigenvalue weighted by atomic mass is 10.1. The maximum Gasteiger partial charge on any atom is 0.290 e. The van der Waals surface area contributed by atoms with Crippen molar-refractivity contribution in [2.24, 2.45) is 0 Å². The van der Waals surface area contributed by atoms with Crippen molar-refractivity contribution >= 4 is 10.8 Å². The molecule has 0 unspecified atom stereocenters. The maximum atomic E-state index is 11.4. The molecule has 1 heterocycles. The van der Waals surface area contributed by atoms with Gasteiger partial charge in [0.1, 0.15) is 0 Å². The molecule has 3 nitrogen and oxygen atoms in total. The molecule has 0 saturated carbocycles. The number of pyridine rings is 1. The molecule has 1 aromatic heterocycles. The van der Waals surface area contributed by atoms with Gasteiger partial charge in [0, 0.05) is 6.20 Å². The summed E-state index contributed by atoms with van der Waals surface area (Å²) in [5.74, 6) is 0. The summed E-state index contributed by atoms with van der Waals surface area (Å²) in [7, 11) is 0. The summed E-state index contributed by atoms with van der Waals surface area (Å²) in [6, 6.07) is 7.17. The highest BCUT2D eigenvalue weighted by atomic mass is 16.5. The van der Waals surface area contributed by atoms with E-state index in [9.17, 15) is 4.79 Å². The highest BCUT2D eigenvalue weighted by molar-refractivity contribution is 5.84. The van der Waals surface area contributed by atoms with E-state index in [1.807, 2.05) is 13.0 Å². The van der Waals surface area contributed by atoms with Gasteiger partial charge in [-0.1, -0.05) is 12.1 Å². The van der Waals surface area contributed by atoms with Gasteiger partial charge in [0.15, 0.2) is 0 Å². The predicted octanol–water partition coefficient (Wildman–Crippen LogP) is 1.55. The van der Waals surface area contributed by atoms with Gasteiger partial charge in [-0.05, 0) is 30.0 Å². The number of aromatic nitrogens is 1. The lowest BCUT2D eigenvalue weighted by molar-refractivity contribution is 0.176. The first-order valence-corrected chi connectivity index (χ1v) is 4.00. The number of fused-ring (bicyclic) bond motifs is 1. The second kappa shape index (κ2) is 2.62. The zero-order valence-electron chi connectivity index (χ0n) is 7.19. The summed E-state index contributed by atoms with van der Waals surface area (Å²) in [4.78, 5) is 11.4.